The number of carbonyl (C=O) groups is 1. The summed E-state index contributed by atoms with van der Waals surface area (Å²) in [7, 11) is 0. The first-order valence-electron chi connectivity index (χ1n) is 5.92. The lowest BCUT2D eigenvalue weighted by atomic mass is 9.99. The van der Waals surface area contributed by atoms with E-state index in [1.165, 1.54) is 11.1 Å². The van der Waals surface area contributed by atoms with E-state index < -0.39 is 0 Å². The molecular weight excluding hydrogens is 198 g/mol. The summed E-state index contributed by atoms with van der Waals surface area (Å²) in [6.45, 7) is 8.01. The number of benzene rings is 1. The molecule has 1 amide bonds. The van der Waals surface area contributed by atoms with Crippen LogP contribution in [-0.4, -0.2) is 5.91 Å². The van der Waals surface area contributed by atoms with Gasteiger partial charge in [0.05, 0.1) is 6.04 Å². The third-order valence-corrected chi connectivity index (χ3v) is 2.81. The van der Waals surface area contributed by atoms with Crippen LogP contribution < -0.4 is 5.32 Å². The van der Waals surface area contributed by atoms with Gasteiger partial charge < -0.3 is 5.32 Å². The molecule has 0 aliphatic rings. The lowest BCUT2D eigenvalue weighted by Gasteiger charge is -2.20. The third kappa shape index (κ3) is 3.09. The molecule has 0 saturated carbocycles. The van der Waals surface area contributed by atoms with Crippen LogP contribution in [0.3, 0.4) is 0 Å². The van der Waals surface area contributed by atoms with Crippen molar-refractivity contribution in [1.29, 1.82) is 0 Å². The van der Waals surface area contributed by atoms with Gasteiger partial charge in [0, 0.05) is 5.92 Å². The predicted octanol–water partition coefficient (Wildman–Crippen LogP) is 3.22. The monoisotopic (exact) mass is 219 g/mol. The molecule has 0 spiro atoms. The van der Waals surface area contributed by atoms with Gasteiger partial charge in [-0.05, 0) is 24.5 Å². The topological polar surface area (TPSA) is 29.1 Å². The minimum atomic E-state index is 0.0399. The molecule has 1 aromatic carbocycles. The Balaban J connectivity index is 2.83. The van der Waals surface area contributed by atoms with Gasteiger partial charge >= 0.3 is 0 Å². The molecule has 1 rings (SSSR count). The molecule has 2 heteroatoms. The maximum absolute atomic E-state index is 11.7. The maximum atomic E-state index is 11.7. The summed E-state index contributed by atoms with van der Waals surface area (Å²) < 4.78 is 0. The predicted molar refractivity (Wildman–Crippen MR) is 67.2 cm³/mol. The van der Waals surface area contributed by atoms with Crippen LogP contribution in [0.5, 0.6) is 0 Å². The number of nitrogens with one attached hydrogen (secondary N) is 1. The quantitative estimate of drug-likeness (QED) is 0.827. The van der Waals surface area contributed by atoms with Gasteiger partial charge in [0.1, 0.15) is 0 Å². The lowest BCUT2D eigenvalue weighted by Crippen LogP contribution is -2.31. The van der Waals surface area contributed by atoms with Crippen LogP contribution in [0, 0.1) is 12.8 Å². The summed E-state index contributed by atoms with van der Waals surface area (Å²) >= 11 is 0. The van der Waals surface area contributed by atoms with Crippen molar-refractivity contribution in [3.63, 3.8) is 0 Å². The molecule has 0 unspecified atom stereocenters. The number of aryl methyl sites for hydroxylation is 1. The Morgan fingerprint density at radius 2 is 1.94 bits per heavy atom. The van der Waals surface area contributed by atoms with E-state index in [-0.39, 0.29) is 17.9 Å². The standard InChI is InChI=1S/C14H21NO/c1-5-13(15-14(16)10(2)3)12-9-7-6-8-11(12)4/h6-10,13H,5H2,1-4H3,(H,15,16)/t13-/m0/s1. The van der Waals surface area contributed by atoms with Crippen LogP contribution in [0.1, 0.15) is 44.4 Å². The fraction of sp³-hybridized carbons (Fsp3) is 0.500. The molecule has 1 atom stereocenters. The van der Waals surface area contributed by atoms with Gasteiger partial charge in [-0.2, -0.15) is 0 Å². The van der Waals surface area contributed by atoms with Crippen LogP contribution in [-0.2, 0) is 4.79 Å². The molecule has 0 aromatic heterocycles. The van der Waals surface area contributed by atoms with Crippen LogP contribution in [0.25, 0.3) is 0 Å². The normalized spacial score (nSPS) is 12.6. The van der Waals surface area contributed by atoms with E-state index in [0.29, 0.717) is 0 Å². The summed E-state index contributed by atoms with van der Waals surface area (Å²) in [4.78, 5) is 11.7. The van der Waals surface area contributed by atoms with Crippen LogP contribution in [0.4, 0.5) is 0 Å². The Morgan fingerprint density at radius 1 is 1.31 bits per heavy atom. The second-order valence-electron chi connectivity index (χ2n) is 4.48. The maximum Gasteiger partial charge on any atom is 0.223 e. The molecule has 1 N–H and O–H groups in total. The summed E-state index contributed by atoms with van der Waals surface area (Å²) in [6, 6.07) is 8.35. The summed E-state index contributed by atoms with van der Waals surface area (Å²) in [5.41, 5.74) is 2.46. The van der Waals surface area contributed by atoms with Gasteiger partial charge in [-0.25, -0.2) is 0 Å². The molecule has 0 aliphatic carbocycles. The van der Waals surface area contributed by atoms with Crippen LogP contribution in [0.15, 0.2) is 24.3 Å². The van der Waals surface area contributed by atoms with Crippen molar-refractivity contribution in [2.75, 3.05) is 0 Å². The van der Waals surface area contributed by atoms with Gasteiger partial charge in [-0.1, -0.05) is 45.0 Å². The zero-order valence-electron chi connectivity index (χ0n) is 10.6. The van der Waals surface area contributed by atoms with E-state index in [1.54, 1.807) is 0 Å². The molecule has 0 heterocycles. The largest absolute Gasteiger partial charge is 0.349 e. The van der Waals surface area contributed by atoms with Gasteiger partial charge in [0.2, 0.25) is 5.91 Å². The van der Waals surface area contributed by atoms with Crippen LogP contribution >= 0.6 is 0 Å². The first-order chi connectivity index (χ1) is 7.56. The lowest BCUT2D eigenvalue weighted by molar-refractivity contribution is -0.124. The average Bonchev–Trinajstić information content (AvgIpc) is 2.26. The van der Waals surface area contributed by atoms with E-state index >= 15 is 0 Å². The first-order valence-corrected chi connectivity index (χ1v) is 5.92. The van der Waals surface area contributed by atoms with Gasteiger partial charge in [0.25, 0.3) is 0 Å². The number of rotatable bonds is 4. The van der Waals surface area contributed by atoms with Gasteiger partial charge in [-0.15, -0.1) is 0 Å². The number of hydrogen-bond donors (Lipinski definition) is 1. The van der Waals surface area contributed by atoms with Crippen molar-refractivity contribution in [2.24, 2.45) is 5.92 Å². The minimum absolute atomic E-state index is 0.0399. The Kier molecular flexibility index (Phi) is 4.53. The fourth-order valence-electron chi connectivity index (χ4n) is 1.72. The van der Waals surface area contributed by atoms with Crippen molar-refractivity contribution in [2.45, 2.75) is 40.2 Å². The molecule has 16 heavy (non-hydrogen) atoms. The molecule has 0 aliphatic heterocycles. The second kappa shape index (κ2) is 5.69. The van der Waals surface area contributed by atoms with Crippen molar-refractivity contribution in [3.05, 3.63) is 35.4 Å². The van der Waals surface area contributed by atoms with Crippen molar-refractivity contribution in [1.82, 2.24) is 5.32 Å². The van der Waals surface area contributed by atoms with Gasteiger partial charge in [0.15, 0.2) is 0 Å². The number of carbonyl (C=O) groups excluding carboxylic acids is 1. The van der Waals surface area contributed by atoms with Crippen LogP contribution in [0.2, 0.25) is 0 Å². The van der Waals surface area contributed by atoms with Gasteiger partial charge in [-0.3, -0.25) is 4.79 Å². The van der Waals surface area contributed by atoms with Crippen molar-refractivity contribution >= 4 is 5.91 Å². The molecule has 88 valence electrons. The van der Waals surface area contributed by atoms with Crippen molar-refractivity contribution < 1.29 is 4.79 Å². The van der Waals surface area contributed by atoms with E-state index in [0.717, 1.165) is 6.42 Å². The molecule has 0 radical (unpaired) electrons. The van der Waals surface area contributed by atoms with Crippen molar-refractivity contribution in [3.8, 4) is 0 Å². The third-order valence-electron chi connectivity index (χ3n) is 2.81. The molecule has 0 saturated heterocycles. The average molecular weight is 219 g/mol. The zero-order chi connectivity index (χ0) is 12.1. The molecule has 1 aromatic rings. The number of hydrogen-bond acceptors (Lipinski definition) is 1. The molecule has 2 nitrogen and oxygen atoms in total. The molecule has 0 fully saturated rings. The zero-order valence-corrected chi connectivity index (χ0v) is 10.6. The summed E-state index contributed by atoms with van der Waals surface area (Å²) in [5.74, 6) is 0.160. The Morgan fingerprint density at radius 3 is 2.44 bits per heavy atom. The SMILES string of the molecule is CC[C@H](NC(=O)C(C)C)c1ccccc1C. The Bertz CT molecular complexity index is 358. The second-order valence-corrected chi connectivity index (χ2v) is 4.48. The smallest absolute Gasteiger partial charge is 0.223 e. The van der Waals surface area contributed by atoms with E-state index in [9.17, 15) is 4.79 Å². The number of amides is 1. The van der Waals surface area contributed by atoms with E-state index in [2.05, 4.69) is 31.3 Å². The first kappa shape index (κ1) is 12.8. The summed E-state index contributed by atoms with van der Waals surface area (Å²) in [5, 5.41) is 3.08. The van der Waals surface area contributed by atoms with E-state index in [4.69, 9.17) is 0 Å². The fourth-order valence-corrected chi connectivity index (χ4v) is 1.72. The minimum Gasteiger partial charge on any atom is -0.349 e. The Labute approximate surface area is 98.1 Å². The van der Waals surface area contributed by atoms with E-state index in [1.807, 2.05) is 26.0 Å². The highest BCUT2D eigenvalue weighted by molar-refractivity contribution is 5.78. The molecular formula is C14H21NO. The highest BCUT2D eigenvalue weighted by Gasteiger charge is 2.15. The Hall–Kier alpha value is -1.31. The highest BCUT2D eigenvalue weighted by Crippen LogP contribution is 2.20. The highest BCUT2D eigenvalue weighted by atomic mass is 16.1. The summed E-state index contributed by atoms with van der Waals surface area (Å²) in [6.07, 6.45) is 0.920. The molecule has 0 bridgehead atoms.